The summed E-state index contributed by atoms with van der Waals surface area (Å²) in [6, 6.07) is 5.69. The quantitative estimate of drug-likeness (QED) is 0.627. The van der Waals surface area contributed by atoms with E-state index >= 15 is 0 Å². The molecular weight excluding hydrogens is 240 g/mol. The fraction of sp³-hybridized carbons (Fsp3) is 0.500. The van der Waals surface area contributed by atoms with Gasteiger partial charge in [0.1, 0.15) is 0 Å². The Kier molecular flexibility index (Phi) is 6.03. The Bertz CT molecular complexity index is 327. The third-order valence-corrected chi connectivity index (χ3v) is 3.99. The van der Waals surface area contributed by atoms with Crippen molar-refractivity contribution in [3.63, 3.8) is 0 Å². The van der Waals surface area contributed by atoms with Crippen molar-refractivity contribution >= 4 is 29.1 Å². The van der Waals surface area contributed by atoms with Crippen LogP contribution in [0.1, 0.15) is 13.8 Å². The Labute approximate surface area is 107 Å². The fourth-order valence-electron chi connectivity index (χ4n) is 1.46. The standard InChI is InChI=1S/C12H19ClN2S/c1-3-15(4-2)7-8-16-12-6-5-10(14)9-11(12)13/h5-6,9H,3-4,7-8,14H2,1-2H3. The van der Waals surface area contributed by atoms with Crippen LogP contribution in [-0.4, -0.2) is 30.3 Å². The van der Waals surface area contributed by atoms with E-state index in [0.717, 1.165) is 41.0 Å². The van der Waals surface area contributed by atoms with Gasteiger partial charge in [0.15, 0.2) is 0 Å². The average molecular weight is 259 g/mol. The maximum absolute atomic E-state index is 6.10. The zero-order valence-electron chi connectivity index (χ0n) is 9.87. The molecule has 0 saturated heterocycles. The summed E-state index contributed by atoms with van der Waals surface area (Å²) in [7, 11) is 0. The number of nitrogens with two attached hydrogens (primary N) is 1. The van der Waals surface area contributed by atoms with Crippen LogP contribution in [0.4, 0.5) is 5.69 Å². The van der Waals surface area contributed by atoms with Crippen molar-refractivity contribution in [3.8, 4) is 0 Å². The monoisotopic (exact) mass is 258 g/mol. The summed E-state index contributed by atoms with van der Waals surface area (Å²) in [6.45, 7) is 7.67. The van der Waals surface area contributed by atoms with Crippen molar-refractivity contribution in [3.05, 3.63) is 23.2 Å². The van der Waals surface area contributed by atoms with Crippen LogP contribution >= 0.6 is 23.4 Å². The topological polar surface area (TPSA) is 29.3 Å². The maximum Gasteiger partial charge on any atom is 0.0562 e. The molecule has 0 aromatic heterocycles. The lowest BCUT2D eigenvalue weighted by atomic mass is 10.3. The average Bonchev–Trinajstić information content (AvgIpc) is 2.27. The molecule has 0 fully saturated rings. The highest BCUT2D eigenvalue weighted by Crippen LogP contribution is 2.28. The summed E-state index contributed by atoms with van der Waals surface area (Å²) in [6.07, 6.45) is 0. The fourth-order valence-corrected chi connectivity index (χ4v) is 2.74. The minimum atomic E-state index is 0.720. The number of thioether (sulfide) groups is 1. The van der Waals surface area contributed by atoms with Crippen LogP contribution in [0, 0.1) is 0 Å². The highest BCUT2D eigenvalue weighted by atomic mass is 35.5. The zero-order chi connectivity index (χ0) is 12.0. The van der Waals surface area contributed by atoms with Gasteiger partial charge in [-0.1, -0.05) is 25.4 Å². The van der Waals surface area contributed by atoms with Crippen molar-refractivity contribution in [1.29, 1.82) is 0 Å². The highest BCUT2D eigenvalue weighted by Gasteiger charge is 2.03. The smallest absolute Gasteiger partial charge is 0.0562 e. The molecule has 90 valence electrons. The molecule has 16 heavy (non-hydrogen) atoms. The number of nitrogen functional groups attached to an aromatic ring is 1. The van der Waals surface area contributed by atoms with E-state index in [1.807, 2.05) is 12.1 Å². The minimum Gasteiger partial charge on any atom is -0.399 e. The molecule has 1 aromatic rings. The molecule has 0 radical (unpaired) electrons. The normalized spacial score (nSPS) is 11.0. The largest absolute Gasteiger partial charge is 0.399 e. The first-order chi connectivity index (χ1) is 7.67. The predicted octanol–water partition coefficient (Wildman–Crippen LogP) is 3.36. The Morgan fingerprint density at radius 2 is 2.00 bits per heavy atom. The first-order valence-corrected chi connectivity index (χ1v) is 6.93. The summed E-state index contributed by atoms with van der Waals surface area (Å²) in [4.78, 5) is 3.51. The lowest BCUT2D eigenvalue weighted by molar-refractivity contribution is 0.324. The molecule has 1 rings (SSSR count). The maximum atomic E-state index is 6.10. The third kappa shape index (κ3) is 4.24. The molecule has 0 saturated carbocycles. The SMILES string of the molecule is CCN(CC)CCSc1ccc(N)cc1Cl. The lowest BCUT2D eigenvalue weighted by Gasteiger charge is -2.17. The second-order valence-corrected chi connectivity index (χ2v) is 5.11. The predicted molar refractivity (Wildman–Crippen MR) is 74.4 cm³/mol. The first kappa shape index (κ1) is 13.7. The Balaban J connectivity index is 2.42. The molecule has 0 bridgehead atoms. The number of halogens is 1. The van der Waals surface area contributed by atoms with E-state index in [1.165, 1.54) is 0 Å². The summed E-state index contributed by atoms with van der Waals surface area (Å²) >= 11 is 7.88. The van der Waals surface area contributed by atoms with Crippen molar-refractivity contribution in [1.82, 2.24) is 4.90 Å². The molecule has 2 nitrogen and oxygen atoms in total. The second-order valence-electron chi connectivity index (χ2n) is 3.57. The number of anilines is 1. The van der Waals surface area contributed by atoms with Crippen LogP contribution in [0.5, 0.6) is 0 Å². The molecule has 1 aromatic carbocycles. The molecular formula is C12H19ClN2S. The number of rotatable bonds is 6. The Morgan fingerprint density at radius 1 is 1.31 bits per heavy atom. The zero-order valence-corrected chi connectivity index (χ0v) is 11.4. The van der Waals surface area contributed by atoms with Gasteiger partial charge in [-0.3, -0.25) is 0 Å². The van der Waals surface area contributed by atoms with E-state index in [1.54, 1.807) is 17.8 Å². The van der Waals surface area contributed by atoms with Crippen molar-refractivity contribution in [2.24, 2.45) is 0 Å². The number of nitrogens with zero attached hydrogens (tertiary/aromatic N) is 1. The first-order valence-electron chi connectivity index (χ1n) is 5.57. The van der Waals surface area contributed by atoms with Crippen LogP contribution in [0.3, 0.4) is 0 Å². The summed E-state index contributed by atoms with van der Waals surface area (Å²) < 4.78 is 0. The molecule has 0 unspecified atom stereocenters. The molecule has 0 atom stereocenters. The van der Waals surface area contributed by atoms with E-state index in [4.69, 9.17) is 17.3 Å². The third-order valence-electron chi connectivity index (χ3n) is 2.52. The van der Waals surface area contributed by atoms with Gasteiger partial charge in [-0.2, -0.15) is 0 Å². The van der Waals surface area contributed by atoms with Gasteiger partial charge in [0.25, 0.3) is 0 Å². The van der Waals surface area contributed by atoms with E-state index in [0.29, 0.717) is 0 Å². The number of hydrogen-bond donors (Lipinski definition) is 1. The molecule has 0 aliphatic carbocycles. The Hall–Kier alpha value is -0.380. The number of hydrogen-bond acceptors (Lipinski definition) is 3. The summed E-state index contributed by atoms with van der Waals surface area (Å²) in [5.41, 5.74) is 6.37. The van der Waals surface area contributed by atoms with Gasteiger partial charge < -0.3 is 10.6 Å². The Morgan fingerprint density at radius 3 is 2.56 bits per heavy atom. The molecule has 0 aliphatic heterocycles. The summed E-state index contributed by atoms with van der Waals surface area (Å²) in [5, 5.41) is 0.754. The van der Waals surface area contributed by atoms with Crippen LogP contribution < -0.4 is 5.73 Å². The lowest BCUT2D eigenvalue weighted by Crippen LogP contribution is -2.25. The summed E-state index contributed by atoms with van der Waals surface area (Å²) in [5.74, 6) is 1.06. The van der Waals surface area contributed by atoms with Crippen molar-refractivity contribution < 1.29 is 0 Å². The van der Waals surface area contributed by atoms with Crippen LogP contribution in [-0.2, 0) is 0 Å². The molecule has 0 aliphatic rings. The van der Waals surface area contributed by atoms with E-state index in [9.17, 15) is 0 Å². The number of benzene rings is 1. The molecule has 0 heterocycles. The van der Waals surface area contributed by atoms with Gasteiger partial charge in [-0.05, 0) is 31.3 Å². The van der Waals surface area contributed by atoms with Crippen molar-refractivity contribution in [2.75, 3.05) is 31.1 Å². The van der Waals surface area contributed by atoms with E-state index < -0.39 is 0 Å². The van der Waals surface area contributed by atoms with E-state index in [-0.39, 0.29) is 0 Å². The van der Waals surface area contributed by atoms with Crippen LogP contribution in [0.25, 0.3) is 0 Å². The molecule has 4 heteroatoms. The molecule has 2 N–H and O–H groups in total. The van der Waals surface area contributed by atoms with Gasteiger partial charge in [0.05, 0.1) is 5.02 Å². The van der Waals surface area contributed by atoms with Crippen LogP contribution in [0.15, 0.2) is 23.1 Å². The van der Waals surface area contributed by atoms with Gasteiger partial charge in [0.2, 0.25) is 0 Å². The van der Waals surface area contributed by atoms with Crippen molar-refractivity contribution in [2.45, 2.75) is 18.7 Å². The van der Waals surface area contributed by atoms with Gasteiger partial charge in [-0.25, -0.2) is 0 Å². The molecule has 0 amide bonds. The minimum absolute atomic E-state index is 0.720. The van der Waals surface area contributed by atoms with Gasteiger partial charge >= 0.3 is 0 Å². The second kappa shape index (κ2) is 7.05. The van der Waals surface area contributed by atoms with Crippen LogP contribution in [0.2, 0.25) is 5.02 Å². The van der Waals surface area contributed by atoms with E-state index in [2.05, 4.69) is 18.7 Å². The van der Waals surface area contributed by atoms with Gasteiger partial charge in [0, 0.05) is 22.9 Å². The molecule has 0 spiro atoms. The highest BCUT2D eigenvalue weighted by molar-refractivity contribution is 7.99. The van der Waals surface area contributed by atoms with Gasteiger partial charge in [-0.15, -0.1) is 11.8 Å².